The molecule has 0 bridgehead atoms. The molecule has 0 aliphatic carbocycles. The maximum absolute atomic E-state index is 11.6. The van der Waals surface area contributed by atoms with Crippen molar-refractivity contribution in [2.24, 2.45) is 0 Å². The fourth-order valence-corrected chi connectivity index (χ4v) is 1.82. The molecule has 0 aliphatic rings. The molecule has 1 amide bonds. The number of aromatic nitrogens is 4. The molecule has 0 unspecified atom stereocenters. The van der Waals surface area contributed by atoms with Gasteiger partial charge in [-0.1, -0.05) is 0 Å². The van der Waals surface area contributed by atoms with Gasteiger partial charge in [-0.3, -0.25) is 4.79 Å². The van der Waals surface area contributed by atoms with Crippen LogP contribution in [0.1, 0.15) is 43.0 Å². The molecule has 0 radical (unpaired) electrons. The van der Waals surface area contributed by atoms with Crippen LogP contribution in [0.3, 0.4) is 0 Å². The fraction of sp³-hybridized carbons (Fsp3) is 0.429. The Labute approximate surface area is 123 Å². The Kier molecular flexibility index (Phi) is 4.86. The van der Waals surface area contributed by atoms with Crippen molar-refractivity contribution in [1.82, 2.24) is 25.5 Å². The number of rotatable bonds is 6. The Hall–Kier alpha value is -2.44. The molecule has 0 fully saturated rings. The average Bonchev–Trinajstić information content (AvgIpc) is 2.94. The van der Waals surface area contributed by atoms with E-state index in [0.29, 0.717) is 23.7 Å². The zero-order valence-corrected chi connectivity index (χ0v) is 12.4. The van der Waals surface area contributed by atoms with Gasteiger partial charge >= 0.3 is 0 Å². The minimum atomic E-state index is -0.0900. The summed E-state index contributed by atoms with van der Waals surface area (Å²) in [5, 5.41) is 14.2. The maximum atomic E-state index is 11.6. The molecule has 2 aromatic rings. The van der Waals surface area contributed by atoms with Gasteiger partial charge in [-0.05, 0) is 55.5 Å². The van der Waals surface area contributed by atoms with Crippen molar-refractivity contribution < 1.29 is 9.53 Å². The number of carbonyl (C=O) groups is 1. The molecule has 1 aromatic carbocycles. The number of benzene rings is 1. The molecule has 7 nitrogen and oxygen atoms in total. The average molecular weight is 289 g/mol. The van der Waals surface area contributed by atoms with E-state index in [-0.39, 0.29) is 18.6 Å². The molecule has 1 aromatic heterocycles. The number of nitrogens with zero attached hydrogens (tertiary/aromatic N) is 4. The maximum Gasteiger partial charge on any atom is 0.251 e. The highest BCUT2D eigenvalue weighted by Gasteiger charge is 2.10. The number of nitrogens with one attached hydrogen (secondary N) is 1. The standard InChI is InChI=1S/C14H19N5O2/c1-4-15-14(20)11-5-7-12(8-6-11)21-9-13-16-17-18-19(13)10(2)3/h5-8,10H,4,9H2,1-3H3,(H,15,20). The first kappa shape index (κ1) is 15.0. The third-order valence-corrected chi connectivity index (χ3v) is 2.87. The van der Waals surface area contributed by atoms with E-state index in [1.54, 1.807) is 28.9 Å². The van der Waals surface area contributed by atoms with Crippen molar-refractivity contribution in [2.45, 2.75) is 33.4 Å². The first-order chi connectivity index (χ1) is 10.1. The van der Waals surface area contributed by atoms with Gasteiger partial charge in [0.25, 0.3) is 5.91 Å². The Morgan fingerprint density at radius 2 is 2.05 bits per heavy atom. The minimum absolute atomic E-state index is 0.0900. The van der Waals surface area contributed by atoms with E-state index in [4.69, 9.17) is 4.74 Å². The zero-order chi connectivity index (χ0) is 15.2. The number of hydrogen-bond donors (Lipinski definition) is 1. The molecule has 21 heavy (non-hydrogen) atoms. The molecule has 1 N–H and O–H groups in total. The van der Waals surface area contributed by atoms with Crippen LogP contribution < -0.4 is 10.1 Å². The zero-order valence-electron chi connectivity index (χ0n) is 12.4. The highest BCUT2D eigenvalue weighted by molar-refractivity contribution is 5.94. The third kappa shape index (κ3) is 3.77. The smallest absolute Gasteiger partial charge is 0.251 e. The van der Waals surface area contributed by atoms with Crippen molar-refractivity contribution >= 4 is 5.91 Å². The van der Waals surface area contributed by atoms with Crippen LogP contribution in [-0.4, -0.2) is 32.7 Å². The predicted octanol–water partition coefficient (Wildman–Crippen LogP) is 1.58. The SMILES string of the molecule is CCNC(=O)c1ccc(OCc2nnnn2C(C)C)cc1. The predicted molar refractivity (Wildman–Crippen MR) is 77.0 cm³/mol. The summed E-state index contributed by atoms with van der Waals surface area (Å²) in [6.07, 6.45) is 0. The van der Waals surface area contributed by atoms with E-state index in [0.717, 1.165) is 0 Å². The first-order valence-electron chi connectivity index (χ1n) is 6.89. The van der Waals surface area contributed by atoms with Crippen LogP contribution in [0.5, 0.6) is 5.75 Å². The summed E-state index contributed by atoms with van der Waals surface area (Å²) >= 11 is 0. The summed E-state index contributed by atoms with van der Waals surface area (Å²) in [7, 11) is 0. The van der Waals surface area contributed by atoms with E-state index in [9.17, 15) is 4.79 Å². The number of tetrazole rings is 1. The lowest BCUT2D eigenvalue weighted by Gasteiger charge is -2.09. The molecule has 0 aliphatic heterocycles. The van der Waals surface area contributed by atoms with Gasteiger partial charge < -0.3 is 10.1 Å². The molecular weight excluding hydrogens is 270 g/mol. The van der Waals surface area contributed by atoms with E-state index in [1.165, 1.54) is 0 Å². The van der Waals surface area contributed by atoms with E-state index >= 15 is 0 Å². The van der Waals surface area contributed by atoms with Crippen LogP contribution in [0, 0.1) is 0 Å². The summed E-state index contributed by atoms with van der Waals surface area (Å²) < 4.78 is 7.35. The molecule has 112 valence electrons. The number of hydrogen-bond acceptors (Lipinski definition) is 5. The quantitative estimate of drug-likeness (QED) is 0.873. The second-order valence-corrected chi connectivity index (χ2v) is 4.81. The Morgan fingerprint density at radius 3 is 2.67 bits per heavy atom. The van der Waals surface area contributed by atoms with Crippen LogP contribution in [-0.2, 0) is 6.61 Å². The van der Waals surface area contributed by atoms with E-state index in [2.05, 4.69) is 20.8 Å². The fourth-order valence-electron chi connectivity index (χ4n) is 1.82. The molecule has 0 saturated carbocycles. The Morgan fingerprint density at radius 1 is 1.33 bits per heavy atom. The van der Waals surface area contributed by atoms with Gasteiger partial charge in [0.2, 0.25) is 0 Å². The lowest BCUT2D eigenvalue weighted by molar-refractivity contribution is 0.0956. The van der Waals surface area contributed by atoms with Gasteiger partial charge in [0.05, 0.1) is 6.04 Å². The van der Waals surface area contributed by atoms with E-state index < -0.39 is 0 Å². The summed E-state index contributed by atoms with van der Waals surface area (Å²) in [5.41, 5.74) is 0.608. The molecule has 7 heteroatoms. The molecule has 0 saturated heterocycles. The van der Waals surface area contributed by atoms with Crippen LogP contribution in [0.25, 0.3) is 0 Å². The number of ether oxygens (including phenoxy) is 1. The summed E-state index contributed by atoms with van der Waals surface area (Å²) in [6.45, 7) is 6.77. The van der Waals surface area contributed by atoms with Crippen molar-refractivity contribution in [3.8, 4) is 5.75 Å². The summed E-state index contributed by atoms with van der Waals surface area (Å²) in [5.74, 6) is 1.24. The van der Waals surface area contributed by atoms with Crippen molar-refractivity contribution in [2.75, 3.05) is 6.54 Å². The first-order valence-corrected chi connectivity index (χ1v) is 6.89. The second-order valence-electron chi connectivity index (χ2n) is 4.81. The van der Waals surface area contributed by atoms with E-state index in [1.807, 2.05) is 20.8 Å². The highest BCUT2D eigenvalue weighted by Crippen LogP contribution is 2.14. The van der Waals surface area contributed by atoms with Gasteiger partial charge in [0, 0.05) is 12.1 Å². The van der Waals surface area contributed by atoms with Crippen molar-refractivity contribution in [3.05, 3.63) is 35.7 Å². The van der Waals surface area contributed by atoms with Crippen molar-refractivity contribution in [1.29, 1.82) is 0 Å². The largest absolute Gasteiger partial charge is 0.486 e. The summed E-state index contributed by atoms with van der Waals surface area (Å²) in [4.78, 5) is 11.6. The van der Waals surface area contributed by atoms with Crippen LogP contribution in [0.2, 0.25) is 0 Å². The van der Waals surface area contributed by atoms with Crippen LogP contribution in [0.15, 0.2) is 24.3 Å². The van der Waals surface area contributed by atoms with Gasteiger partial charge in [-0.25, -0.2) is 4.68 Å². The highest BCUT2D eigenvalue weighted by atomic mass is 16.5. The summed E-state index contributed by atoms with van der Waals surface area (Å²) in [6, 6.07) is 7.15. The van der Waals surface area contributed by atoms with Crippen LogP contribution in [0.4, 0.5) is 0 Å². The molecule has 1 heterocycles. The van der Waals surface area contributed by atoms with Crippen LogP contribution >= 0.6 is 0 Å². The third-order valence-electron chi connectivity index (χ3n) is 2.87. The number of carbonyl (C=O) groups excluding carboxylic acids is 1. The number of amides is 1. The molecule has 0 spiro atoms. The Bertz CT molecular complexity index is 592. The molecule has 0 atom stereocenters. The van der Waals surface area contributed by atoms with Crippen molar-refractivity contribution in [3.63, 3.8) is 0 Å². The monoisotopic (exact) mass is 289 g/mol. The minimum Gasteiger partial charge on any atom is -0.486 e. The Balaban J connectivity index is 1.97. The van der Waals surface area contributed by atoms with Gasteiger partial charge in [-0.15, -0.1) is 5.10 Å². The van der Waals surface area contributed by atoms with Gasteiger partial charge in [-0.2, -0.15) is 0 Å². The topological polar surface area (TPSA) is 81.9 Å². The normalized spacial score (nSPS) is 10.7. The molecular formula is C14H19N5O2. The second kappa shape index (κ2) is 6.83. The van der Waals surface area contributed by atoms with Gasteiger partial charge in [0.15, 0.2) is 5.82 Å². The molecule has 2 rings (SSSR count). The lowest BCUT2D eigenvalue weighted by atomic mass is 10.2. The van der Waals surface area contributed by atoms with Gasteiger partial charge in [0.1, 0.15) is 12.4 Å². The lowest BCUT2D eigenvalue weighted by Crippen LogP contribution is -2.22.